The minimum Gasteiger partial charge on any atom is -0.466 e. The zero-order valence-corrected chi connectivity index (χ0v) is 15.4. The van der Waals surface area contributed by atoms with Gasteiger partial charge in [-0.3, -0.25) is 4.99 Å². The highest BCUT2D eigenvalue weighted by Crippen LogP contribution is 2.19. The zero-order valence-electron chi connectivity index (χ0n) is 15.4. The Kier molecular flexibility index (Phi) is 5.64. The fourth-order valence-electron chi connectivity index (χ4n) is 3.35. The van der Waals surface area contributed by atoms with Gasteiger partial charge in [-0.1, -0.05) is 18.2 Å². The molecule has 1 aromatic heterocycles. The summed E-state index contributed by atoms with van der Waals surface area (Å²) in [7, 11) is 1.82. The highest BCUT2D eigenvalue weighted by atomic mass is 16.3. The quantitative estimate of drug-likeness (QED) is 0.663. The van der Waals surface area contributed by atoms with Crippen LogP contribution in [0.3, 0.4) is 0 Å². The van der Waals surface area contributed by atoms with E-state index in [1.807, 2.05) is 20.9 Å². The summed E-state index contributed by atoms with van der Waals surface area (Å²) in [6, 6.07) is 13.2. The predicted molar refractivity (Wildman–Crippen MR) is 103 cm³/mol. The Morgan fingerprint density at radius 2 is 1.92 bits per heavy atom. The van der Waals surface area contributed by atoms with E-state index < -0.39 is 0 Å². The molecule has 0 atom stereocenters. The molecule has 0 amide bonds. The van der Waals surface area contributed by atoms with Crippen molar-refractivity contribution in [3.8, 4) is 0 Å². The number of benzene rings is 1. The number of aliphatic imine (C=N–C) groups is 1. The highest BCUT2D eigenvalue weighted by molar-refractivity contribution is 5.80. The number of guanidine groups is 1. The number of furan rings is 1. The fourth-order valence-corrected chi connectivity index (χ4v) is 3.35. The van der Waals surface area contributed by atoms with E-state index in [4.69, 9.17) is 4.42 Å². The molecule has 0 spiro atoms. The van der Waals surface area contributed by atoms with E-state index in [2.05, 4.69) is 56.9 Å². The lowest BCUT2D eigenvalue weighted by atomic mass is 10.0. The van der Waals surface area contributed by atoms with Gasteiger partial charge in [0.25, 0.3) is 0 Å². The lowest BCUT2D eigenvalue weighted by Gasteiger charge is -2.34. The van der Waals surface area contributed by atoms with Crippen LogP contribution in [0, 0.1) is 13.8 Å². The van der Waals surface area contributed by atoms with Crippen molar-refractivity contribution in [2.45, 2.75) is 39.3 Å². The van der Waals surface area contributed by atoms with E-state index in [0.29, 0.717) is 6.04 Å². The number of hydrogen-bond donors (Lipinski definition) is 2. The van der Waals surface area contributed by atoms with Crippen LogP contribution < -0.4 is 15.5 Å². The number of nitrogens with one attached hydrogen (secondary N) is 2. The van der Waals surface area contributed by atoms with Gasteiger partial charge < -0.3 is 20.0 Å². The number of para-hydroxylation sites is 1. The van der Waals surface area contributed by atoms with Crippen molar-refractivity contribution in [2.75, 3.05) is 25.0 Å². The smallest absolute Gasteiger partial charge is 0.191 e. The van der Waals surface area contributed by atoms with E-state index in [0.717, 1.165) is 50.0 Å². The summed E-state index contributed by atoms with van der Waals surface area (Å²) in [5.74, 6) is 2.78. The molecule has 1 saturated heterocycles. The summed E-state index contributed by atoms with van der Waals surface area (Å²) < 4.78 is 5.58. The normalized spacial score (nSPS) is 16.1. The van der Waals surface area contributed by atoms with Gasteiger partial charge in [0.05, 0.1) is 0 Å². The minimum absolute atomic E-state index is 0.457. The maximum absolute atomic E-state index is 5.58. The highest BCUT2D eigenvalue weighted by Gasteiger charge is 2.20. The van der Waals surface area contributed by atoms with E-state index in [-0.39, 0.29) is 0 Å². The molecule has 1 fully saturated rings. The van der Waals surface area contributed by atoms with Gasteiger partial charge in [-0.2, -0.15) is 0 Å². The van der Waals surface area contributed by atoms with Crippen LogP contribution in [0.25, 0.3) is 0 Å². The first kappa shape index (κ1) is 17.4. The zero-order chi connectivity index (χ0) is 17.6. The van der Waals surface area contributed by atoms with Crippen LogP contribution in [0.2, 0.25) is 0 Å². The monoisotopic (exact) mass is 340 g/mol. The molecule has 1 aromatic carbocycles. The molecule has 1 aliphatic heterocycles. The molecule has 0 bridgehead atoms. The molecule has 2 heterocycles. The van der Waals surface area contributed by atoms with Gasteiger partial charge >= 0.3 is 0 Å². The van der Waals surface area contributed by atoms with Gasteiger partial charge in [0.15, 0.2) is 5.96 Å². The molecule has 134 valence electrons. The van der Waals surface area contributed by atoms with Crippen LogP contribution in [0.4, 0.5) is 5.69 Å². The van der Waals surface area contributed by atoms with Gasteiger partial charge in [0, 0.05) is 44.0 Å². The number of rotatable bonds is 4. The summed E-state index contributed by atoms with van der Waals surface area (Å²) in [5, 5.41) is 6.95. The largest absolute Gasteiger partial charge is 0.466 e. The van der Waals surface area contributed by atoms with Crippen molar-refractivity contribution >= 4 is 11.6 Å². The topological polar surface area (TPSA) is 52.8 Å². The van der Waals surface area contributed by atoms with Crippen molar-refractivity contribution in [1.82, 2.24) is 10.6 Å². The number of aryl methyl sites for hydroxylation is 2. The average molecular weight is 340 g/mol. The standard InChI is InChI=1S/C20H28N4O/c1-15-13-17(16(2)25-15)14-22-20(21-3)23-18-9-11-24(12-10-18)19-7-5-4-6-8-19/h4-8,13,18H,9-12,14H2,1-3H3,(H2,21,22,23). The fraction of sp³-hybridized carbons (Fsp3) is 0.450. The molecule has 2 N–H and O–H groups in total. The maximum Gasteiger partial charge on any atom is 0.191 e. The Hall–Kier alpha value is -2.43. The first-order valence-electron chi connectivity index (χ1n) is 8.99. The second-order valence-electron chi connectivity index (χ2n) is 6.61. The predicted octanol–water partition coefficient (Wildman–Crippen LogP) is 3.23. The van der Waals surface area contributed by atoms with Crippen molar-refractivity contribution in [2.24, 2.45) is 4.99 Å². The van der Waals surface area contributed by atoms with Crippen molar-refractivity contribution in [1.29, 1.82) is 0 Å². The average Bonchev–Trinajstić information content (AvgIpc) is 2.97. The molecule has 5 heteroatoms. The Labute approximate surface area is 150 Å². The molecule has 25 heavy (non-hydrogen) atoms. The van der Waals surface area contributed by atoms with Crippen LogP contribution in [0.15, 0.2) is 45.8 Å². The Bertz CT molecular complexity index is 700. The maximum atomic E-state index is 5.58. The van der Waals surface area contributed by atoms with Crippen LogP contribution in [0.5, 0.6) is 0 Å². The number of anilines is 1. The summed E-state index contributed by atoms with van der Waals surface area (Å²) in [4.78, 5) is 6.81. The minimum atomic E-state index is 0.457. The second kappa shape index (κ2) is 8.10. The molecule has 2 aromatic rings. The second-order valence-corrected chi connectivity index (χ2v) is 6.61. The molecule has 0 unspecified atom stereocenters. The van der Waals surface area contributed by atoms with E-state index >= 15 is 0 Å². The lowest BCUT2D eigenvalue weighted by Crippen LogP contribution is -2.48. The first-order valence-corrected chi connectivity index (χ1v) is 8.99. The van der Waals surface area contributed by atoms with Crippen LogP contribution in [0.1, 0.15) is 29.9 Å². The molecule has 1 aliphatic rings. The molecule has 0 radical (unpaired) electrons. The number of nitrogens with zero attached hydrogens (tertiary/aromatic N) is 2. The molecular formula is C20H28N4O. The first-order chi connectivity index (χ1) is 12.2. The summed E-state index contributed by atoms with van der Waals surface area (Å²) >= 11 is 0. The van der Waals surface area contributed by atoms with E-state index in [9.17, 15) is 0 Å². The van der Waals surface area contributed by atoms with Gasteiger partial charge in [-0.15, -0.1) is 0 Å². The van der Waals surface area contributed by atoms with Gasteiger partial charge in [-0.05, 0) is 44.9 Å². The van der Waals surface area contributed by atoms with Crippen molar-refractivity contribution in [3.05, 3.63) is 53.5 Å². The molecule has 0 saturated carbocycles. The number of piperidine rings is 1. The van der Waals surface area contributed by atoms with E-state index in [1.165, 1.54) is 11.3 Å². The Balaban J connectivity index is 1.48. The third kappa shape index (κ3) is 4.56. The summed E-state index contributed by atoms with van der Waals surface area (Å²) in [5.41, 5.74) is 2.49. The molecule has 5 nitrogen and oxygen atoms in total. The van der Waals surface area contributed by atoms with Crippen LogP contribution in [-0.2, 0) is 6.54 Å². The number of hydrogen-bond acceptors (Lipinski definition) is 3. The third-order valence-electron chi connectivity index (χ3n) is 4.77. The third-order valence-corrected chi connectivity index (χ3v) is 4.77. The van der Waals surface area contributed by atoms with Gasteiger partial charge in [-0.25, -0.2) is 0 Å². The Morgan fingerprint density at radius 1 is 1.20 bits per heavy atom. The van der Waals surface area contributed by atoms with Crippen LogP contribution in [-0.4, -0.2) is 32.1 Å². The SMILES string of the molecule is CN=C(NCc1cc(C)oc1C)NC1CCN(c2ccccc2)CC1. The van der Waals surface area contributed by atoms with Crippen molar-refractivity contribution < 1.29 is 4.42 Å². The Morgan fingerprint density at radius 3 is 2.52 bits per heavy atom. The van der Waals surface area contributed by atoms with Gasteiger partial charge in [0.1, 0.15) is 11.5 Å². The van der Waals surface area contributed by atoms with Crippen LogP contribution >= 0.6 is 0 Å². The van der Waals surface area contributed by atoms with E-state index in [1.54, 1.807) is 0 Å². The molecular weight excluding hydrogens is 312 g/mol. The molecule has 3 rings (SSSR count). The van der Waals surface area contributed by atoms with Gasteiger partial charge in [0.2, 0.25) is 0 Å². The lowest BCUT2D eigenvalue weighted by molar-refractivity contribution is 0.461. The molecule has 0 aliphatic carbocycles. The van der Waals surface area contributed by atoms with Crippen molar-refractivity contribution in [3.63, 3.8) is 0 Å². The summed E-state index contributed by atoms with van der Waals surface area (Å²) in [6.07, 6.45) is 2.22. The summed E-state index contributed by atoms with van der Waals surface area (Å²) in [6.45, 7) is 6.84.